The lowest BCUT2D eigenvalue weighted by atomic mass is 10.3. The zero-order chi connectivity index (χ0) is 13.0. The summed E-state index contributed by atoms with van der Waals surface area (Å²) in [7, 11) is 4.86. The lowest BCUT2D eigenvalue weighted by Crippen LogP contribution is -2.16. The molecule has 0 spiro atoms. The van der Waals surface area contributed by atoms with E-state index >= 15 is 0 Å². The molecule has 1 heterocycles. The van der Waals surface area contributed by atoms with Crippen LogP contribution in [-0.4, -0.2) is 49.7 Å². The van der Waals surface area contributed by atoms with E-state index in [4.69, 9.17) is 5.11 Å². The van der Waals surface area contributed by atoms with Gasteiger partial charge in [0.25, 0.3) is 0 Å². The van der Waals surface area contributed by atoms with Crippen molar-refractivity contribution in [2.45, 2.75) is 0 Å². The van der Waals surface area contributed by atoms with E-state index in [2.05, 4.69) is 26.7 Å². The second-order valence-corrected chi connectivity index (χ2v) is 4.09. The Bertz CT molecular complexity index is 467. The molecule has 0 unspecified atom stereocenters. The number of carbonyl (C=O) groups is 1. The number of aliphatic imine (C=N–C) groups is 1. The maximum atomic E-state index is 11.0. The van der Waals surface area contributed by atoms with Gasteiger partial charge >= 0.3 is 5.97 Å². The molecule has 0 aromatic carbocycles. The molecule has 0 saturated heterocycles. The summed E-state index contributed by atoms with van der Waals surface area (Å²) in [5.41, 5.74) is -0.137. The normalized spacial score (nSPS) is 11.1. The van der Waals surface area contributed by atoms with Crippen molar-refractivity contribution >= 4 is 39.9 Å². The van der Waals surface area contributed by atoms with Crippen LogP contribution in [0.5, 0.6) is 0 Å². The summed E-state index contributed by atoms with van der Waals surface area (Å²) in [5, 5.41) is 13.4. The molecule has 0 aliphatic heterocycles. The summed E-state index contributed by atoms with van der Waals surface area (Å²) in [4.78, 5) is 25.1. The molecule has 0 aliphatic carbocycles. The number of carboxylic acids is 1. The molecule has 0 radical (unpaired) electrons. The van der Waals surface area contributed by atoms with Gasteiger partial charge in [-0.05, 0) is 6.72 Å². The molecule has 0 fully saturated rings. The van der Waals surface area contributed by atoms with Gasteiger partial charge in [-0.15, -0.1) is 0 Å². The molecule has 0 bridgehead atoms. The first-order valence-electron chi connectivity index (χ1n) is 4.51. The maximum Gasteiger partial charge on any atom is 0.360 e. The monoisotopic (exact) mass is 256 g/mol. The third-order valence-electron chi connectivity index (χ3n) is 1.73. The van der Waals surface area contributed by atoms with Gasteiger partial charge in [0.15, 0.2) is 5.13 Å². The molecule has 7 nitrogen and oxygen atoms in total. The second kappa shape index (κ2) is 5.39. The van der Waals surface area contributed by atoms with Gasteiger partial charge in [0.1, 0.15) is 17.8 Å². The Labute approximate surface area is 102 Å². The molecule has 17 heavy (non-hydrogen) atoms. The Morgan fingerprint density at radius 1 is 1.59 bits per heavy atom. The minimum Gasteiger partial charge on any atom is -0.476 e. The Kier molecular flexibility index (Phi) is 4.16. The van der Waals surface area contributed by atoms with Gasteiger partial charge in [0.2, 0.25) is 5.71 Å². The van der Waals surface area contributed by atoms with Gasteiger partial charge in [-0.25, -0.2) is 9.78 Å². The van der Waals surface area contributed by atoms with E-state index in [9.17, 15) is 4.79 Å². The SMILES string of the molecule is C=Nc1sc(N(C)C)nc1C(=NOC)C(=O)O. The first-order valence-corrected chi connectivity index (χ1v) is 5.32. The molecular weight excluding hydrogens is 244 g/mol. The molecule has 8 heteroatoms. The number of aromatic nitrogens is 1. The van der Waals surface area contributed by atoms with Crippen LogP contribution in [0, 0.1) is 0 Å². The van der Waals surface area contributed by atoms with Crippen molar-refractivity contribution in [2.75, 3.05) is 26.1 Å². The highest BCUT2D eigenvalue weighted by molar-refractivity contribution is 7.19. The van der Waals surface area contributed by atoms with Crippen molar-refractivity contribution in [2.24, 2.45) is 10.1 Å². The molecule has 0 amide bonds. The Balaban J connectivity index is 3.32. The van der Waals surface area contributed by atoms with E-state index in [0.717, 1.165) is 0 Å². The van der Waals surface area contributed by atoms with Crippen LogP contribution in [0.4, 0.5) is 10.1 Å². The van der Waals surface area contributed by atoms with Crippen molar-refractivity contribution in [3.05, 3.63) is 5.69 Å². The highest BCUT2D eigenvalue weighted by atomic mass is 32.1. The van der Waals surface area contributed by atoms with Gasteiger partial charge in [-0.2, -0.15) is 0 Å². The zero-order valence-corrected chi connectivity index (χ0v) is 10.5. The number of hydrogen-bond acceptors (Lipinski definition) is 7. The third kappa shape index (κ3) is 2.78. The maximum absolute atomic E-state index is 11.0. The number of oxime groups is 1. The number of hydrogen-bond donors (Lipinski definition) is 1. The van der Waals surface area contributed by atoms with Crippen LogP contribution in [0.15, 0.2) is 10.1 Å². The van der Waals surface area contributed by atoms with Gasteiger partial charge in [-0.3, -0.25) is 4.99 Å². The molecule has 92 valence electrons. The number of thiazole rings is 1. The molecule has 1 N–H and O–H groups in total. The topological polar surface area (TPSA) is 87.4 Å². The van der Waals surface area contributed by atoms with E-state index in [1.807, 2.05) is 0 Å². The molecule has 0 saturated carbocycles. The summed E-state index contributed by atoms with van der Waals surface area (Å²) in [6.45, 7) is 3.38. The third-order valence-corrected chi connectivity index (χ3v) is 2.89. The van der Waals surface area contributed by atoms with E-state index in [0.29, 0.717) is 10.1 Å². The van der Waals surface area contributed by atoms with Crippen molar-refractivity contribution in [1.82, 2.24) is 4.98 Å². The number of anilines is 1. The largest absolute Gasteiger partial charge is 0.476 e. The van der Waals surface area contributed by atoms with Crippen LogP contribution in [0.3, 0.4) is 0 Å². The first kappa shape index (κ1) is 13.1. The average molecular weight is 256 g/mol. The fourth-order valence-corrected chi connectivity index (χ4v) is 1.82. The number of nitrogens with zero attached hydrogens (tertiary/aromatic N) is 4. The average Bonchev–Trinajstić information content (AvgIpc) is 2.69. The smallest absolute Gasteiger partial charge is 0.360 e. The number of rotatable bonds is 5. The van der Waals surface area contributed by atoms with Gasteiger partial charge in [0, 0.05) is 14.1 Å². The Hall–Kier alpha value is -1.96. The molecule has 0 atom stereocenters. The van der Waals surface area contributed by atoms with E-state index in [-0.39, 0.29) is 11.4 Å². The lowest BCUT2D eigenvalue weighted by Gasteiger charge is -2.05. The summed E-state index contributed by atoms with van der Waals surface area (Å²) in [5.74, 6) is -1.23. The van der Waals surface area contributed by atoms with Crippen molar-refractivity contribution in [3.63, 3.8) is 0 Å². The van der Waals surface area contributed by atoms with Crippen LogP contribution in [0.2, 0.25) is 0 Å². The molecule has 1 aromatic rings. The Morgan fingerprint density at radius 3 is 2.65 bits per heavy atom. The van der Waals surface area contributed by atoms with Crippen LogP contribution in [0.1, 0.15) is 5.69 Å². The van der Waals surface area contributed by atoms with E-state index in [1.54, 1.807) is 19.0 Å². The predicted molar refractivity (Wildman–Crippen MR) is 66.8 cm³/mol. The lowest BCUT2D eigenvalue weighted by molar-refractivity contribution is -0.129. The summed E-state index contributed by atoms with van der Waals surface area (Å²) in [6.07, 6.45) is 0. The van der Waals surface area contributed by atoms with E-state index in [1.165, 1.54) is 18.4 Å². The van der Waals surface area contributed by atoms with Crippen LogP contribution in [0.25, 0.3) is 0 Å². The van der Waals surface area contributed by atoms with Crippen LogP contribution in [-0.2, 0) is 9.63 Å². The van der Waals surface area contributed by atoms with Crippen LogP contribution < -0.4 is 4.90 Å². The van der Waals surface area contributed by atoms with Gasteiger partial charge in [0.05, 0.1) is 0 Å². The highest BCUT2D eigenvalue weighted by Crippen LogP contribution is 2.32. The van der Waals surface area contributed by atoms with E-state index < -0.39 is 5.97 Å². The predicted octanol–water partition coefficient (Wildman–Crippen LogP) is 0.976. The fraction of sp³-hybridized carbons (Fsp3) is 0.333. The van der Waals surface area contributed by atoms with Gasteiger partial charge in [-0.1, -0.05) is 16.5 Å². The number of aliphatic carboxylic acids is 1. The van der Waals surface area contributed by atoms with Crippen molar-refractivity contribution in [3.8, 4) is 0 Å². The fourth-order valence-electron chi connectivity index (χ4n) is 1.03. The minimum absolute atomic E-state index is 0.156. The quantitative estimate of drug-likeness (QED) is 0.626. The van der Waals surface area contributed by atoms with Crippen LogP contribution >= 0.6 is 11.3 Å². The first-order chi connectivity index (χ1) is 8.01. The summed E-state index contributed by atoms with van der Waals surface area (Å²) < 4.78 is 0. The Morgan fingerprint density at radius 2 is 2.24 bits per heavy atom. The zero-order valence-electron chi connectivity index (χ0n) is 9.67. The summed E-state index contributed by atoms with van der Waals surface area (Å²) >= 11 is 1.23. The second-order valence-electron chi connectivity index (χ2n) is 3.13. The highest BCUT2D eigenvalue weighted by Gasteiger charge is 2.23. The minimum atomic E-state index is -1.23. The standard InChI is InChI=1S/C9H12N4O3S/c1-10-7-5(6(8(14)15)12-16-4)11-9(17-7)13(2)3/h1H2,2-4H3,(H,14,15). The van der Waals surface area contributed by atoms with Crippen molar-refractivity contribution < 1.29 is 14.7 Å². The van der Waals surface area contributed by atoms with Gasteiger partial charge < -0.3 is 14.8 Å². The van der Waals surface area contributed by atoms with Crippen molar-refractivity contribution in [1.29, 1.82) is 0 Å². The number of carboxylic acid groups (broad SMARTS) is 1. The molecule has 1 rings (SSSR count). The molecule has 1 aromatic heterocycles. The summed E-state index contributed by atoms with van der Waals surface area (Å²) in [6, 6.07) is 0. The molecule has 0 aliphatic rings. The molecular formula is C9H12N4O3S.